The maximum atomic E-state index is 14.4. The molecule has 0 spiro atoms. The Morgan fingerprint density at radius 1 is 1.17 bits per heavy atom. The van der Waals surface area contributed by atoms with E-state index < -0.39 is 0 Å². The zero-order valence-electron chi connectivity index (χ0n) is 16.2. The first-order valence-corrected chi connectivity index (χ1v) is 10.7. The number of fused-ring (bicyclic) bond motifs is 1. The quantitative estimate of drug-likeness (QED) is 0.580. The fourth-order valence-electron chi connectivity index (χ4n) is 3.77. The number of amides is 1. The first-order chi connectivity index (χ1) is 14.1. The Kier molecular flexibility index (Phi) is 6.15. The van der Waals surface area contributed by atoms with Gasteiger partial charge in [-0.1, -0.05) is 29.8 Å². The number of methoxy groups -OCH3 is 1. The summed E-state index contributed by atoms with van der Waals surface area (Å²) in [6, 6.07) is 12.8. The van der Waals surface area contributed by atoms with E-state index in [1.165, 1.54) is 23.0 Å². The average molecular weight is 433 g/mol. The molecular formula is C22H22ClFN2O2S. The van der Waals surface area contributed by atoms with Gasteiger partial charge in [0.1, 0.15) is 5.82 Å². The molecule has 1 amide bonds. The molecule has 0 bridgehead atoms. The third kappa shape index (κ3) is 4.31. The van der Waals surface area contributed by atoms with E-state index in [2.05, 4.69) is 11.0 Å². The van der Waals surface area contributed by atoms with Crippen LogP contribution in [0.3, 0.4) is 0 Å². The molecule has 0 N–H and O–H groups in total. The number of carbonyl (C=O) groups excluding carboxylic acids is 1. The van der Waals surface area contributed by atoms with Gasteiger partial charge < -0.3 is 9.64 Å². The zero-order chi connectivity index (χ0) is 20.4. The van der Waals surface area contributed by atoms with Crippen LogP contribution in [-0.4, -0.2) is 49.0 Å². The minimum atomic E-state index is -0.309. The summed E-state index contributed by atoms with van der Waals surface area (Å²) >= 11 is 7.42. The van der Waals surface area contributed by atoms with Crippen LogP contribution < -0.4 is 0 Å². The molecule has 3 aromatic rings. The second-order valence-electron chi connectivity index (χ2n) is 7.15. The zero-order valence-corrected chi connectivity index (χ0v) is 17.7. The number of halogens is 2. The van der Waals surface area contributed by atoms with Gasteiger partial charge >= 0.3 is 0 Å². The van der Waals surface area contributed by atoms with Crippen molar-refractivity contribution in [1.82, 2.24) is 9.80 Å². The van der Waals surface area contributed by atoms with E-state index in [1.807, 2.05) is 29.2 Å². The van der Waals surface area contributed by atoms with Crippen molar-refractivity contribution in [2.75, 3.05) is 33.3 Å². The highest BCUT2D eigenvalue weighted by Crippen LogP contribution is 2.34. The number of hydrogen-bond donors (Lipinski definition) is 0. The Balaban J connectivity index is 1.48. The van der Waals surface area contributed by atoms with Crippen LogP contribution in [0.25, 0.3) is 10.1 Å². The van der Waals surface area contributed by atoms with E-state index in [0.29, 0.717) is 28.9 Å². The molecule has 0 radical (unpaired) electrons. The SMILES string of the molecule is COCc1c(C(=O)N2CCN(Cc3cccc(Cl)c3)CC2)sc2cccc(F)c12. The Labute approximate surface area is 178 Å². The number of rotatable bonds is 5. The van der Waals surface area contributed by atoms with Gasteiger partial charge in [-0.15, -0.1) is 11.3 Å². The van der Waals surface area contributed by atoms with Crippen molar-refractivity contribution < 1.29 is 13.9 Å². The predicted molar refractivity (Wildman–Crippen MR) is 115 cm³/mol. The maximum absolute atomic E-state index is 14.4. The molecule has 1 aliphatic rings. The molecule has 152 valence electrons. The minimum absolute atomic E-state index is 0.0416. The number of ether oxygens (including phenoxy) is 1. The largest absolute Gasteiger partial charge is 0.380 e. The lowest BCUT2D eigenvalue weighted by molar-refractivity contribution is 0.0629. The number of thiophene rings is 1. The molecule has 2 aromatic carbocycles. The van der Waals surface area contributed by atoms with Crippen molar-refractivity contribution in [3.63, 3.8) is 0 Å². The molecular weight excluding hydrogens is 411 g/mol. The molecule has 4 rings (SSSR count). The number of nitrogens with zero attached hydrogens (tertiary/aromatic N) is 2. The van der Waals surface area contributed by atoms with E-state index in [1.54, 1.807) is 13.2 Å². The van der Waals surface area contributed by atoms with Crippen LogP contribution in [-0.2, 0) is 17.9 Å². The van der Waals surface area contributed by atoms with Gasteiger partial charge in [-0.25, -0.2) is 4.39 Å². The van der Waals surface area contributed by atoms with Crippen LogP contribution in [0, 0.1) is 5.82 Å². The molecule has 0 saturated carbocycles. The summed E-state index contributed by atoms with van der Waals surface area (Å²) in [4.78, 5) is 18.0. The number of benzene rings is 2. The van der Waals surface area contributed by atoms with Gasteiger partial charge in [0, 0.05) is 60.5 Å². The summed E-state index contributed by atoms with van der Waals surface area (Å²) in [5.41, 5.74) is 1.82. The van der Waals surface area contributed by atoms with Crippen LogP contribution >= 0.6 is 22.9 Å². The van der Waals surface area contributed by atoms with E-state index in [-0.39, 0.29) is 18.3 Å². The second-order valence-corrected chi connectivity index (χ2v) is 8.64. The summed E-state index contributed by atoms with van der Waals surface area (Å²) in [5.74, 6) is -0.351. The Morgan fingerprint density at radius 2 is 1.93 bits per heavy atom. The number of piperazine rings is 1. The van der Waals surface area contributed by atoms with Gasteiger partial charge in [0.25, 0.3) is 5.91 Å². The summed E-state index contributed by atoms with van der Waals surface area (Å²) < 4.78 is 20.4. The summed E-state index contributed by atoms with van der Waals surface area (Å²) in [5, 5.41) is 1.24. The van der Waals surface area contributed by atoms with Crippen LogP contribution in [0.4, 0.5) is 4.39 Å². The van der Waals surface area contributed by atoms with Crippen LogP contribution in [0.1, 0.15) is 20.8 Å². The molecule has 1 aromatic heterocycles. The van der Waals surface area contributed by atoms with E-state index in [9.17, 15) is 9.18 Å². The van der Waals surface area contributed by atoms with Gasteiger partial charge in [-0.3, -0.25) is 9.69 Å². The molecule has 0 atom stereocenters. The fourth-order valence-corrected chi connectivity index (χ4v) is 5.17. The Bertz CT molecular complexity index is 1030. The van der Waals surface area contributed by atoms with Gasteiger partial charge in [0.05, 0.1) is 11.5 Å². The highest BCUT2D eigenvalue weighted by molar-refractivity contribution is 7.21. The standard InChI is InChI=1S/C22H22ClFN2O2S/c1-28-14-17-20-18(24)6-3-7-19(20)29-21(17)22(27)26-10-8-25(9-11-26)13-15-4-2-5-16(23)12-15/h2-7,12H,8-11,13-14H2,1H3. The predicted octanol–water partition coefficient (Wildman–Crippen LogP) is 4.80. The molecule has 1 fully saturated rings. The van der Waals surface area contributed by atoms with Crippen molar-refractivity contribution in [2.45, 2.75) is 13.2 Å². The second kappa shape index (κ2) is 8.79. The van der Waals surface area contributed by atoms with Gasteiger partial charge in [-0.2, -0.15) is 0 Å². The lowest BCUT2D eigenvalue weighted by Gasteiger charge is -2.34. The average Bonchev–Trinajstić information content (AvgIpc) is 3.08. The molecule has 29 heavy (non-hydrogen) atoms. The fraction of sp³-hybridized carbons (Fsp3) is 0.318. The molecule has 0 unspecified atom stereocenters. The van der Waals surface area contributed by atoms with Gasteiger partial charge in [0.2, 0.25) is 0 Å². The van der Waals surface area contributed by atoms with E-state index in [0.717, 1.165) is 29.4 Å². The minimum Gasteiger partial charge on any atom is -0.380 e. The number of carbonyl (C=O) groups is 1. The van der Waals surface area contributed by atoms with Crippen LogP contribution in [0.5, 0.6) is 0 Å². The van der Waals surface area contributed by atoms with Crippen molar-refractivity contribution in [3.8, 4) is 0 Å². The molecule has 7 heteroatoms. The smallest absolute Gasteiger partial charge is 0.264 e. The first kappa shape index (κ1) is 20.3. The van der Waals surface area contributed by atoms with Gasteiger partial charge in [0.15, 0.2) is 0 Å². The Hall–Kier alpha value is -1.99. The van der Waals surface area contributed by atoms with E-state index in [4.69, 9.17) is 16.3 Å². The van der Waals surface area contributed by atoms with Crippen LogP contribution in [0.15, 0.2) is 42.5 Å². The molecule has 2 heterocycles. The number of hydrogen-bond acceptors (Lipinski definition) is 4. The summed E-state index contributed by atoms with van der Waals surface area (Å²) in [7, 11) is 1.56. The summed E-state index contributed by atoms with van der Waals surface area (Å²) in [6.45, 7) is 3.89. The monoisotopic (exact) mass is 432 g/mol. The topological polar surface area (TPSA) is 32.8 Å². The molecule has 0 aliphatic carbocycles. The molecule has 1 aliphatic heterocycles. The van der Waals surface area contributed by atoms with Gasteiger partial charge in [-0.05, 0) is 29.8 Å². The highest BCUT2D eigenvalue weighted by Gasteiger charge is 2.27. The first-order valence-electron chi connectivity index (χ1n) is 9.51. The maximum Gasteiger partial charge on any atom is 0.264 e. The summed E-state index contributed by atoms with van der Waals surface area (Å²) in [6.07, 6.45) is 0. The third-order valence-corrected chi connectivity index (χ3v) is 6.62. The lowest BCUT2D eigenvalue weighted by Crippen LogP contribution is -2.48. The van der Waals surface area contributed by atoms with Crippen molar-refractivity contribution in [3.05, 3.63) is 69.3 Å². The van der Waals surface area contributed by atoms with Crippen molar-refractivity contribution >= 4 is 38.9 Å². The van der Waals surface area contributed by atoms with Crippen molar-refractivity contribution in [1.29, 1.82) is 0 Å². The van der Waals surface area contributed by atoms with Crippen molar-refractivity contribution in [2.24, 2.45) is 0 Å². The lowest BCUT2D eigenvalue weighted by atomic mass is 10.1. The molecule has 1 saturated heterocycles. The molecule has 4 nitrogen and oxygen atoms in total. The highest BCUT2D eigenvalue weighted by atomic mass is 35.5. The van der Waals surface area contributed by atoms with Crippen LogP contribution in [0.2, 0.25) is 5.02 Å². The van der Waals surface area contributed by atoms with E-state index >= 15 is 0 Å². The normalized spacial score (nSPS) is 15.2. The Morgan fingerprint density at radius 3 is 2.66 bits per heavy atom. The third-order valence-electron chi connectivity index (χ3n) is 5.20.